The molecule has 0 amide bonds. The number of rotatable bonds is 2. The number of aromatic nitrogens is 1. The van der Waals surface area contributed by atoms with Crippen LogP contribution in [0.15, 0.2) is 182 Å². The molecule has 0 radical (unpaired) electrons. The fraction of sp³-hybridized carbons (Fsp3) is 0.0200. The summed E-state index contributed by atoms with van der Waals surface area (Å²) < 4.78 is 3.72. The van der Waals surface area contributed by atoms with Gasteiger partial charge in [0.25, 0.3) is 5.01 Å². The predicted octanol–water partition coefficient (Wildman–Crippen LogP) is 12.6. The van der Waals surface area contributed by atoms with Gasteiger partial charge in [0.1, 0.15) is 4.70 Å². The van der Waals surface area contributed by atoms with Gasteiger partial charge in [0.2, 0.25) is 11.2 Å². The third-order valence-electron chi connectivity index (χ3n) is 11.7. The van der Waals surface area contributed by atoms with Crippen LogP contribution in [0, 0.1) is 0 Å². The van der Waals surface area contributed by atoms with E-state index < -0.39 is 5.41 Å². The van der Waals surface area contributed by atoms with Crippen molar-refractivity contribution in [3.8, 4) is 38.5 Å². The second kappa shape index (κ2) is 10.4. The van der Waals surface area contributed by atoms with Crippen LogP contribution in [-0.2, 0) is 5.41 Å². The van der Waals surface area contributed by atoms with Crippen molar-refractivity contribution in [2.24, 2.45) is 0 Å². The Balaban J connectivity index is 1.22. The highest BCUT2D eigenvalue weighted by atomic mass is 32.1. The molecule has 10 aromatic rings. The largest absolute Gasteiger partial charge is 0.275 e. The monoisotopic (exact) mass is 676 g/mol. The quantitative estimate of drug-likeness (QED) is 0.127. The molecule has 240 valence electrons. The molecular weight excluding hydrogens is 647 g/mol. The molecule has 0 saturated carbocycles. The molecule has 0 saturated heterocycles. The van der Waals surface area contributed by atoms with Crippen LogP contribution in [0.4, 0.5) is 0 Å². The molecule has 1 aromatic heterocycles. The van der Waals surface area contributed by atoms with E-state index in [9.17, 15) is 0 Å². The highest BCUT2D eigenvalue weighted by Crippen LogP contribution is 2.64. The zero-order chi connectivity index (χ0) is 34.0. The van der Waals surface area contributed by atoms with Crippen molar-refractivity contribution in [2.45, 2.75) is 5.41 Å². The number of thiazole rings is 1. The molecule has 0 fully saturated rings. The molecule has 0 aliphatic heterocycles. The van der Waals surface area contributed by atoms with Gasteiger partial charge < -0.3 is 0 Å². The van der Waals surface area contributed by atoms with Crippen molar-refractivity contribution in [3.05, 3.63) is 204 Å². The molecular formula is C50H30NS+. The van der Waals surface area contributed by atoms with E-state index in [0.717, 1.165) is 0 Å². The Bertz CT molecular complexity index is 3130. The Morgan fingerprint density at radius 1 is 0.365 bits per heavy atom. The van der Waals surface area contributed by atoms with Crippen LogP contribution in [0.5, 0.6) is 0 Å². The topological polar surface area (TPSA) is 3.88 Å². The average molecular weight is 677 g/mol. The number of hydrogen-bond donors (Lipinski definition) is 0. The van der Waals surface area contributed by atoms with E-state index in [1.807, 2.05) is 11.3 Å². The van der Waals surface area contributed by atoms with Gasteiger partial charge in [-0.1, -0.05) is 145 Å². The third-order valence-corrected chi connectivity index (χ3v) is 12.9. The maximum absolute atomic E-state index is 2.56. The van der Waals surface area contributed by atoms with E-state index in [1.54, 1.807) is 0 Å². The molecule has 1 atom stereocenters. The van der Waals surface area contributed by atoms with Gasteiger partial charge in [-0.2, -0.15) is 0 Å². The number of fused-ring (bicyclic) bond motifs is 17. The minimum atomic E-state index is -0.455. The fourth-order valence-corrected chi connectivity index (χ4v) is 10.8. The number of nitrogens with zero attached hydrogens (tertiary/aromatic N) is 1. The Morgan fingerprint density at radius 2 is 0.885 bits per heavy atom. The van der Waals surface area contributed by atoms with E-state index in [0.29, 0.717) is 0 Å². The minimum Gasteiger partial charge on any atom is -0.143 e. The number of benzene rings is 9. The number of para-hydroxylation sites is 2. The van der Waals surface area contributed by atoms with E-state index in [-0.39, 0.29) is 0 Å². The van der Waals surface area contributed by atoms with Crippen molar-refractivity contribution in [1.29, 1.82) is 0 Å². The Morgan fingerprint density at radius 3 is 1.60 bits per heavy atom. The van der Waals surface area contributed by atoms with Gasteiger partial charge in [-0.3, -0.25) is 0 Å². The summed E-state index contributed by atoms with van der Waals surface area (Å²) in [7, 11) is 0. The summed E-state index contributed by atoms with van der Waals surface area (Å²) in [6, 6.07) is 68.1. The maximum Gasteiger partial charge on any atom is 0.275 e. The third kappa shape index (κ3) is 3.55. The molecule has 2 heteroatoms. The molecule has 0 N–H and O–H groups in total. The number of hydrogen-bond acceptors (Lipinski definition) is 1. The Hall–Kier alpha value is -6.35. The molecule has 1 heterocycles. The smallest absolute Gasteiger partial charge is 0.143 e. The summed E-state index contributed by atoms with van der Waals surface area (Å²) >= 11 is 1.87. The minimum absolute atomic E-state index is 0.455. The molecule has 1 unspecified atom stereocenters. The molecule has 2 aliphatic rings. The standard InChI is InChI=1S/C50H30NS/c1-2-14-32(15-3-1)51-47-24-12-13-25-48(47)52-49(51)31-26-27-39-37-20-8-10-22-43(37)50(45(39)28-31)44-23-11-9-21-38(44)42-29-40-35-18-6-4-16-33(35)34-17-5-7-19-36(34)41(40)30-46(42)50/h1-30H/q+1. The fourth-order valence-electron chi connectivity index (χ4n) is 9.68. The van der Waals surface area contributed by atoms with Crippen molar-refractivity contribution < 1.29 is 4.57 Å². The van der Waals surface area contributed by atoms with Crippen molar-refractivity contribution in [1.82, 2.24) is 0 Å². The first-order valence-electron chi connectivity index (χ1n) is 18.0. The lowest BCUT2D eigenvalue weighted by molar-refractivity contribution is -0.550. The summed E-state index contributed by atoms with van der Waals surface area (Å²) in [5.41, 5.74) is 13.9. The zero-order valence-electron chi connectivity index (χ0n) is 28.2. The molecule has 2 aliphatic carbocycles. The van der Waals surface area contributed by atoms with Crippen LogP contribution >= 0.6 is 11.3 Å². The maximum atomic E-state index is 2.56. The van der Waals surface area contributed by atoms with Crippen LogP contribution in [0.1, 0.15) is 22.3 Å². The summed E-state index contributed by atoms with van der Waals surface area (Å²) in [6.45, 7) is 0. The highest BCUT2D eigenvalue weighted by molar-refractivity contribution is 7.21. The van der Waals surface area contributed by atoms with Gasteiger partial charge >= 0.3 is 0 Å². The SMILES string of the molecule is c1ccc(-[n+]2c(-c3ccc4c(c3)C3(c5ccccc5-4)c4ccccc4-c4cc5c6ccccc6c6ccccc6c5cc43)sc3ccccc32)cc1. The van der Waals surface area contributed by atoms with Crippen molar-refractivity contribution >= 4 is 53.9 Å². The Kier molecular flexibility index (Phi) is 5.65. The van der Waals surface area contributed by atoms with Crippen molar-refractivity contribution in [3.63, 3.8) is 0 Å². The van der Waals surface area contributed by atoms with Crippen LogP contribution in [0.25, 0.3) is 81.0 Å². The van der Waals surface area contributed by atoms with E-state index in [2.05, 4.69) is 187 Å². The van der Waals surface area contributed by atoms with Gasteiger partial charge in [0.15, 0.2) is 0 Å². The lowest BCUT2D eigenvalue weighted by atomic mass is 9.70. The van der Waals surface area contributed by atoms with Crippen LogP contribution in [0.3, 0.4) is 0 Å². The summed E-state index contributed by atoms with van der Waals surface area (Å²) in [4.78, 5) is 0. The molecule has 1 spiro atoms. The predicted molar refractivity (Wildman–Crippen MR) is 218 cm³/mol. The first-order chi connectivity index (χ1) is 25.8. The van der Waals surface area contributed by atoms with Crippen molar-refractivity contribution in [2.75, 3.05) is 0 Å². The van der Waals surface area contributed by atoms with Gasteiger partial charge in [0, 0.05) is 18.2 Å². The van der Waals surface area contributed by atoms with Gasteiger partial charge in [0.05, 0.1) is 11.0 Å². The second-order valence-corrected chi connectivity index (χ2v) is 15.2. The van der Waals surface area contributed by atoms with Gasteiger partial charge in [-0.15, -0.1) is 4.57 Å². The summed E-state index contributed by atoms with van der Waals surface area (Å²) in [5, 5.41) is 9.09. The molecule has 0 bridgehead atoms. The summed E-state index contributed by atoms with van der Waals surface area (Å²) in [5.74, 6) is 0. The lowest BCUT2D eigenvalue weighted by Crippen LogP contribution is -2.31. The zero-order valence-corrected chi connectivity index (χ0v) is 29.0. The normalized spacial score (nSPS) is 15.4. The molecule has 1 nitrogen and oxygen atoms in total. The molecule has 12 rings (SSSR count). The van der Waals surface area contributed by atoms with Gasteiger partial charge in [-0.05, 0) is 107 Å². The average Bonchev–Trinajstić information content (AvgIpc) is 3.85. The first kappa shape index (κ1) is 28.4. The van der Waals surface area contributed by atoms with E-state index >= 15 is 0 Å². The highest BCUT2D eigenvalue weighted by Gasteiger charge is 2.52. The van der Waals surface area contributed by atoms with E-state index in [1.165, 1.54) is 103 Å². The van der Waals surface area contributed by atoms with Crippen LogP contribution in [0.2, 0.25) is 0 Å². The molecule has 52 heavy (non-hydrogen) atoms. The second-order valence-electron chi connectivity index (χ2n) is 14.2. The van der Waals surface area contributed by atoms with Crippen LogP contribution in [-0.4, -0.2) is 0 Å². The first-order valence-corrected chi connectivity index (χ1v) is 18.8. The Labute approximate surface area is 305 Å². The van der Waals surface area contributed by atoms with Crippen LogP contribution < -0.4 is 4.57 Å². The lowest BCUT2D eigenvalue weighted by Gasteiger charge is -2.31. The van der Waals surface area contributed by atoms with E-state index in [4.69, 9.17) is 0 Å². The van der Waals surface area contributed by atoms with Gasteiger partial charge in [-0.25, -0.2) is 0 Å². The summed E-state index contributed by atoms with van der Waals surface area (Å²) in [6.07, 6.45) is 0. The molecule has 9 aromatic carbocycles.